The van der Waals surface area contributed by atoms with Gasteiger partial charge in [-0.25, -0.2) is 0 Å². The molecule has 2 saturated heterocycles. The standard InChI is InChI=1S/C26H32N4O6S2/c1-4-6-11-29-22(28-10-7-8-17(15-28)25(35)36-5-2)18(16(3)19(14-27)23(29)33)13-20-24(34)30(26(37)38-20)12-9-21(31)32/h13,17H,4-12,15H2,1-3H3,(H,31,32)/b20-13+. The molecule has 0 aromatic carbocycles. The van der Waals surface area contributed by atoms with Gasteiger partial charge in [0, 0.05) is 31.7 Å². The minimum absolute atomic E-state index is 0.00332. The fraction of sp³-hybridized carbons (Fsp3) is 0.538. The molecular weight excluding hydrogens is 528 g/mol. The van der Waals surface area contributed by atoms with Crippen molar-refractivity contribution in [1.29, 1.82) is 5.26 Å². The number of nitrogens with zero attached hydrogens (tertiary/aromatic N) is 4. The number of carbonyl (C=O) groups is 3. The van der Waals surface area contributed by atoms with Gasteiger partial charge in [0.2, 0.25) is 0 Å². The van der Waals surface area contributed by atoms with Crippen LogP contribution >= 0.6 is 24.0 Å². The van der Waals surface area contributed by atoms with Crippen LogP contribution in [0.2, 0.25) is 0 Å². The summed E-state index contributed by atoms with van der Waals surface area (Å²) in [5, 5.41) is 18.9. The second kappa shape index (κ2) is 13.1. The molecule has 204 valence electrons. The Hall–Kier alpha value is -3.17. The van der Waals surface area contributed by atoms with Gasteiger partial charge in [-0.3, -0.25) is 28.6 Å². The van der Waals surface area contributed by atoms with E-state index < -0.39 is 17.4 Å². The van der Waals surface area contributed by atoms with Crippen LogP contribution in [0, 0.1) is 24.2 Å². The van der Waals surface area contributed by atoms with E-state index in [2.05, 4.69) is 0 Å². The van der Waals surface area contributed by atoms with Crippen LogP contribution in [-0.4, -0.2) is 63.0 Å². The van der Waals surface area contributed by atoms with Crippen LogP contribution in [0.5, 0.6) is 0 Å². The summed E-state index contributed by atoms with van der Waals surface area (Å²) in [6.07, 6.45) is 4.30. The Balaban J connectivity index is 2.17. The van der Waals surface area contributed by atoms with Crippen molar-refractivity contribution in [2.24, 2.45) is 5.92 Å². The van der Waals surface area contributed by atoms with E-state index in [1.54, 1.807) is 24.5 Å². The van der Waals surface area contributed by atoms with Crippen LogP contribution in [0.1, 0.15) is 62.6 Å². The van der Waals surface area contributed by atoms with Gasteiger partial charge >= 0.3 is 11.9 Å². The molecule has 1 aromatic rings. The number of amides is 1. The Bertz CT molecular complexity index is 1270. The normalized spacial score (nSPS) is 18.7. The van der Waals surface area contributed by atoms with Crippen molar-refractivity contribution in [3.63, 3.8) is 0 Å². The minimum atomic E-state index is -1.04. The number of piperidine rings is 1. The molecular formula is C26H32N4O6S2. The molecule has 0 saturated carbocycles. The molecule has 1 aromatic heterocycles. The first kappa shape index (κ1) is 29.4. The van der Waals surface area contributed by atoms with Gasteiger partial charge < -0.3 is 14.7 Å². The summed E-state index contributed by atoms with van der Waals surface area (Å²) in [5.74, 6) is -1.55. The fourth-order valence-corrected chi connectivity index (χ4v) is 5.95. The molecule has 1 N–H and O–H groups in total. The lowest BCUT2D eigenvalue weighted by Gasteiger charge is -2.36. The number of thiocarbonyl (C=S) groups is 1. The first-order chi connectivity index (χ1) is 18.1. The van der Waals surface area contributed by atoms with Gasteiger partial charge in [-0.15, -0.1) is 0 Å². The van der Waals surface area contributed by atoms with Crippen molar-refractivity contribution >= 4 is 58.0 Å². The highest BCUT2D eigenvalue weighted by atomic mass is 32.2. The molecule has 0 radical (unpaired) electrons. The van der Waals surface area contributed by atoms with Gasteiger partial charge in [0.15, 0.2) is 0 Å². The average molecular weight is 561 g/mol. The second-order valence-corrected chi connectivity index (χ2v) is 10.8. The number of carboxylic acid groups (broad SMARTS) is 1. The van der Waals surface area contributed by atoms with Crippen LogP contribution in [0.15, 0.2) is 9.70 Å². The van der Waals surface area contributed by atoms with Crippen molar-refractivity contribution in [3.8, 4) is 6.07 Å². The van der Waals surface area contributed by atoms with Gasteiger partial charge in [-0.2, -0.15) is 5.26 Å². The van der Waals surface area contributed by atoms with Gasteiger partial charge in [0.05, 0.1) is 23.9 Å². The number of unbranched alkanes of at least 4 members (excludes halogenated alkanes) is 1. The zero-order valence-corrected chi connectivity index (χ0v) is 23.5. The Kier molecular flexibility index (Phi) is 10.1. The van der Waals surface area contributed by atoms with Crippen LogP contribution in [0.4, 0.5) is 5.82 Å². The van der Waals surface area contributed by atoms with E-state index in [1.165, 1.54) is 4.90 Å². The van der Waals surface area contributed by atoms with Gasteiger partial charge in [0.1, 0.15) is 21.8 Å². The van der Waals surface area contributed by atoms with E-state index in [1.807, 2.05) is 17.9 Å². The Morgan fingerprint density at radius 1 is 1.29 bits per heavy atom. The third-order valence-electron chi connectivity index (χ3n) is 6.62. The zero-order chi connectivity index (χ0) is 28.0. The summed E-state index contributed by atoms with van der Waals surface area (Å²) in [6, 6.07) is 2.03. The molecule has 0 spiro atoms. The number of hydrogen-bond donors (Lipinski definition) is 1. The van der Waals surface area contributed by atoms with Crippen LogP contribution < -0.4 is 10.5 Å². The maximum atomic E-state index is 13.5. The highest BCUT2D eigenvalue weighted by Crippen LogP contribution is 2.37. The first-order valence-electron chi connectivity index (χ1n) is 12.7. The molecule has 38 heavy (non-hydrogen) atoms. The number of thioether (sulfide) groups is 1. The average Bonchev–Trinajstić information content (AvgIpc) is 3.15. The van der Waals surface area contributed by atoms with Crippen molar-refractivity contribution in [2.45, 2.75) is 59.4 Å². The van der Waals surface area contributed by atoms with E-state index in [-0.39, 0.29) is 46.2 Å². The summed E-state index contributed by atoms with van der Waals surface area (Å²) in [4.78, 5) is 53.8. The molecule has 3 heterocycles. The topological polar surface area (TPSA) is 133 Å². The molecule has 2 aliphatic heterocycles. The zero-order valence-electron chi connectivity index (χ0n) is 21.8. The lowest BCUT2D eigenvalue weighted by atomic mass is 9.96. The number of aliphatic carboxylic acids is 1. The van der Waals surface area contributed by atoms with E-state index in [4.69, 9.17) is 22.1 Å². The smallest absolute Gasteiger partial charge is 0.310 e. The minimum Gasteiger partial charge on any atom is -0.481 e. The van der Waals surface area contributed by atoms with E-state index in [0.717, 1.165) is 18.2 Å². The maximum Gasteiger partial charge on any atom is 0.310 e. The maximum absolute atomic E-state index is 13.5. The number of anilines is 1. The largest absolute Gasteiger partial charge is 0.481 e. The lowest BCUT2D eigenvalue weighted by Crippen LogP contribution is -2.43. The van der Waals surface area contributed by atoms with Gasteiger partial charge in [-0.1, -0.05) is 37.3 Å². The first-order valence-corrected chi connectivity index (χ1v) is 13.9. The van der Waals surface area contributed by atoms with Crippen LogP contribution in [-0.2, 0) is 25.7 Å². The monoisotopic (exact) mass is 560 g/mol. The highest BCUT2D eigenvalue weighted by molar-refractivity contribution is 8.26. The fourth-order valence-electron chi connectivity index (χ4n) is 4.66. The number of rotatable bonds is 10. The number of nitriles is 1. The van der Waals surface area contributed by atoms with Gasteiger partial charge in [0.25, 0.3) is 11.5 Å². The summed E-state index contributed by atoms with van der Waals surface area (Å²) >= 11 is 6.40. The Labute approximate surface area is 231 Å². The van der Waals surface area contributed by atoms with E-state index in [9.17, 15) is 24.4 Å². The van der Waals surface area contributed by atoms with Crippen molar-refractivity contribution < 1.29 is 24.2 Å². The van der Waals surface area contributed by atoms with Gasteiger partial charge in [-0.05, 0) is 44.7 Å². The molecule has 0 bridgehead atoms. The third kappa shape index (κ3) is 6.27. The molecule has 2 fully saturated rings. The number of ether oxygens (including phenoxy) is 1. The molecule has 1 atom stereocenters. The quantitative estimate of drug-likeness (QED) is 0.258. The number of aromatic nitrogens is 1. The second-order valence-electron chi connectivity index (χ2n) is 9.17. The Morgan fingerprint density at radius 3 is 2.66 bits per heavy atom. The van der Waals surface area contributed by atoms with E-state index >= 15 is 0 Å². The number of hydrogen-bond acceptors (Lipinski definition) is 9. The number of esters is 1. The number of carboxylic acids is 1. The summed E-state index contributed by atoms with van der Waals surface area (Å²) in [6.45, 7) is 6.99. The predicted molar refractivity (Wildman–Crippen MR) is 149 cm³/mol. The molecule has 3 rings (SSSR count). The molecule has 0 aliphatic carbocycles. The third-order valence-corrected chi connectivity index (χ3v) is 8.00. The number of pyridine rings is 1. The lowest BCUT2D eigenvalue weighted by molar-refractivity contribution is -0.148. The summed E-state index contributed by atoms with van der Waals surface area (Å²) in [5.41, 5.74) is 0.573. The van der Waals surface area contributed by atoms with Crippen molar-refractivity contribution in [2.75, 3.05) is 31.1 Å². The molecule has 2 aliphatic rings. The molecule has 1 amide bonds. The van der Waals surface area contributed by atoms with Crippen LogP contribution in [0.3, 0.4) is 0 Å². The summed E-state index contributed by atoms with van der Waals surface area (Å²) in [7, 11) is 0. The van der Waals surface area contributed by atoms with Crippen LogP contribution in [0.25, 0.3) is 6.08 Å². The summed E-state index contributed by atoms with van der Waals surface area (Å²) < 4.78 is 7.10. The predicted octanol–water partition coefficient (Wildman–Crippen LogP) is 3.28. The van der Waals surface area contributed by atoms with Crippen molar-refractivity contribution in [1.82, 2.24) is 9.47 Å². The highest BCUT2D eigenvalue weighted by Gasteiger charge is 2.35. The molecule has 10 nitrogen and oxygen atoms in total. The molecule has 12 heteroatoms. The van der Waals surface area contributed by atoms with E-state index in [0.29, 0.717) is 55.8 Å². The number of carbonyl (C=O) groups excluding carboxylic acids is 2. The SMILES string of the molecule is CCCCn1c(N2CCCC(C(=O)OCC)C2)c(/C=C2/SC(=S)N(CCC(=O)O)C2=O)c(C)c(C#N)c1=O. The Morgan fingerprint density at radius 2 is 2.03 bits per heavy atom. The molecule has 1 unspecified atom stereocenters. The van der Waals surface area contributed by atoms with Crippen molar-refractivity contribution in [3.05, 3.63) is 31.9 Å².